The molecule has 0 aromatic carbocycles. The van der Waals surface area contributed by atoms with Crippen molar-refractivity contribution in [1.82, 2.24) is 15.3 Å². The average Bonchev–Trinajstić information content (AvgIpc) is 2.56. The van der Waals surface area contributed by atoms with Crippen LogP contribution in [0, 0.1) is 6.92 Å². The minimum Gasteiger partial charge on any atom is -0.369 e. The number of anilines is 2. The Hall–Kier alpha value is -1.92. The van der Waals surface area contributed by atoms with Gasteiger partial charge < -0.3 is 16.0 Å². The quantitative estimate of drug-likeness (QED) is 0.486. The van der Waals surface area contributed by atoms with Crippen LogP contribution in [0.2, 0.25) is 5.02 Å². The van der Waals surface area contributed by atoms with Gasteiger partial charge in [-0.2, -0.15) is 0 Å². The third kappa shape index (κ3) is 6.68. The van der Waals surface area contributed by atoms with Gasteiger partial charge in [0.2, 0.25) is 0 Å². The second-order valence-electron chi connectivity index (χ2n) is 5.45. The molecule has 128 valence electrons. The number of aromatic nitrogens is 2. The Bertz CT molecular complexity index is 651. The molecule has 0 atom stereocenters. The fourth-order valence-corrected chi connectivity index (χ4v) is 2.62. The van der Waals surface area contributed by atoms with Crippen LogP contribution in [0.5, 0.6) is 0 Å². The number of aryl methyl sites for hydroxylation is 1. The third-order valence-corrected chi connectivity index (χ3v) is 3.86. The van der Waals surface area contributed by atoms with Gasteiger partial charge in [-0.05, 0) is 62.2 Å². The topological polar surface area (TPSA) is 61.9 Å². The van der Waals surface area contributed by atoms with Gasteiger partial charge in [-0.25, -0.2) is 4.98 Å². The molecule has 24 heavy (non-hydrogen) atoms. The van der Waals surface area contributed by atoms with Gasteiger partial charge in [0.1, 0.15) is 5.82 Å². The molecular weight excluding hydrogens is 342 g/mol. The van der Waals surface area contributed by atoms with E-state index in [-0.39, 0.29) is 0 Å². The molecule has 0 amide bonds. The molecule has 0 bridgehead atoms. The Labute approximate surface area is 153 Å². The van der Waals surface area contributed by atoms with E-state index in [1.807, 2.05) is 31.3 Å². The van der Waals surface area contributed by atoms with Crippen LogP contribution >= 0.6 is 23.8 Å². The molecule has 3 N–H and O–H groups in total. The number of rotatable bonds is 8. The standard InChI is InChI=1S/C17H22ClN5S/c1-13-10-15(18)16(22-11-13)20-8-3-2-4-9-21-17(24)23-14-6-5-7-19-12-14/h5-7,10-12H,2-4,8-9H2,1H3,(H,20,22)(H2,21,23,24). The summed E-state index contributed by atoms with van der Waals surface area (Å²) in [6.45, 7) is 3.67. The van der Waals surface area contributed by atoms with Crippen LogP contribution < -0.4 is 16.0 Å². The minimum atomic E-state index is 0.622. The summed E-state index contributed by atoms with van der Waals surface area (Å²) in [4.78, 5) is 8.32. The van der Waals surface area contributed by atoms with Crippen molar-refractivity contribution in [2.24, 2.45) is 0 Å². The highest BCUT2D eigenvalue weighted by molar-refractivity contribution is 7.80. The second-order valence-corrected chi connectivity index (χ2v) is 6.27. The van der Waals surface area contributed by atoms with Gasteiger partial charge >= 0.3 is 0 Å². The Balaban J connectivity index is 1.53. The van der Waals surface area contributed by atoms with Gasteiger partial charge in [0, 0.05) is 25.5 Å². The van der Waals surface area contributed by atoms with Gasteiger partial charge in [0.05, 0.1) is 16.9 Å². The predicted octanol–water partition coefficient (Wildman–Crippen LogP) is 4.01. The summed E-state index contributed by atoms with van der Waals surface area (Å²) >= 11 is 11.4. The molecule has 0 aliphatic carbocycles. The molecule has 2 heterocycles. The molecular formula is C17H22ClN5S. The second kappa shape index (κ2) is 10.1. The normalized spacial score (nSPS) is 10.2. The zero-order chi connectivity index (χ0) is 17.2. The molecule has 0 unspecified atom stereocenters. The first-order valence-electron chi connectivity index (χ1n) is 7.96. The summed E-state index contributed by atoms with van der Waals surface area (Å²) in [7, 11) is 0. The zero-order valence-corrected chi connectivity index (χ0v) is 15.3. The van der Waals surface area contributed by atoms with E-state index in [9.17, 15) is 0 Å². The van der Waals surface area contributed by atoms with E-state index < -0.39 is 0 Å². The van der Waals surface area contributed by atoms with Crippen molar-refractivity contribution in [3.63, 3.8) is 0 Å². The van der Waals surface area contributed by atoms with E-state index in [0.29, 0.717) is 10.1 Å². The van der Waals surface area contributed by atoms with Crippen LogP contribution in [-0.4, -0.2) is 28.2 Å². The van der Waals surface area contributed by atoms with Crippen LogP contribution in [0.15, 0.2) is 36.8 Å². The largest absolute Gasteiger partial charge is 0.369 e. The number of hydrogen-bond acceptors (Lipinski definition) is 4. The molecule has 0 saturated carbocycles. The van der Waals surface area contributed by atoms with Crippen molar-refractivity contribution in [3.8, 4) is 0 Å². The Morgan fingerprint density at radius 1 is 1.21 bits per heavy atom. The number of halogens is 1. The van der Waals surface area contributed by atoms with Crippen LogP contribution in [0.1, 0.15) is 24.8 Å². The molecule has 0 saturated heterocycles. The summed E-state index contributed by atoms with van der Waals surface area (Å²) in [5, 5.41) is 10.8. The summed E-state index contributed by atoms with van der Waals surface area (Å²) < 4.78 is 0. The monoisotopic (exact) mass is 363 g/mol. The van der Waals surface area contributed by atoms with Gasteiger partial charge in [-0.3, -0.25) is 4.98 Å². The Kier molecular flexibility index (Phi) is 7.71. The average molecular weight is 364 g/mol. The van der Waals surface area contributed by atoms with Gasteiger partial charge in [-0.15, -0.1) is 0 Å². The van der Waals surface area contributed by atoms with E-state index in [1.54, 1.807) is 12.4 Å². The molecule has 0 aliphatic heterocycles. The van der Waals surface area contributed by atoms with Gasteiger partial charge in [0.15, 0.2) is 5.11 Å². The lowest BCUT2D eigenvalue weighted by atomic mass is 10.2. The molecule has 2 rings (SSSR count). The fourth-order valence-electron chi connectivity index (χ4n) is 2.11. The third-order valence-electron chi connectivity index (χ3n) is 3.33. The summed E-state index contributed by atoms with van der Waals surface area (Å²) in [5.41, 5.74) is 1.95. The maximum Gasteiger partial charge on any atom is 0.170 e. The summed E-state index contributed by atoms with van der Waals surface area (Å²) in [6.07, 6.45) is 8.48. The highest BCUT2D eigenvalue weighted by atomic mass is 35.5. The highest BCUT2D eigenvalue weighted by Crippen LogP contribution is 2.19. The van der Waals surface area contributed by atoms with E-state index in [2.05, 4.69) is 25.9 Å². The van der Waals surface area contributed by atoms with E-state index in [4.69, 9.17) is 23.8 Å². The van der Waals surface area contributed by atoms with Crippen LogP contribution in [0.4, 0.5) is 11.5 Å². The van der Waals surface area contributed by atoms with Gasteiger partial charge in [0.25, 0.3) is 0 Å². The van der Waals surface area contributed by atoms with Crippen LogP contribution in [0.25, 0.3) is 0 Å². The van der Waals surface area contributed by atoms with Crippen LogP contribution in [-0.2, 0) is 0 Å². The fraction of sp³-hybridized carbons (Fsp3) is 0.353. The first-order chi connectivity index (χ1) is 11.6. The number of unbranched alkanes of at least 4 members (excludes halogenated alkanes) is 2. The molecule has 0 fully saturated rings. The van der Waals surface area contributed by atoms with Crippen LogP contribution in [0.3, 0.4) is 0 Å². The minimum absolute atomic E-state index is 0.622. The molecule has 0 radical (unpaired) electrons. The van der Waals surface area contributed by atoms with Crippen molar-refractivity contribution in [2.45, 2.75) is 26.2 Å². The maximum absolute atomic E-state index is 6.13. The van der Waals surface area contributed by atoms with Crippen molar-refractivity contribution in [3.05, 3.63) is 47.4 Å². The smallest absolute Gasteiger partial charge is 0.170 e. The molecule has 2 aromatic rings. The van der Waals surface area contributed by atoms with Gasteiger partial charge in [-0.1, -0.05) is 11.6 Å². The first kappa shape index (κ1) is 18.4. The van der Waals surface area contributed by atoms with Crippen molar-refractivity contribution in [1.29, 1.82) is 0 Å². The van der Waals surface area contributed by atoms with E-state index in [1.165, 1.54) is 0 Å². The molecule has 5 nitrogen and oxygen atoms in total. The lowest BCUT2D eigenvalue weighted by Gasteiger charge is -2.10. The molecule has 2 aromatic heterocycles. The van der Waals surface area contributed by atoms with Crippen molar-refractivity contribution in [2.75, 3.05) is 23.7 Å². The van der Waals surface area contributed by atoms with E-state index >= 15 is 0 Å². The number of pyridine rings is 2. The lowest BCUT2D eigenvalue weighted by molar-refractivity contribution is 0.681. The number of nitrogens with one attached hydrogen (secondary N) is 3. The Morgan fingerprint density at radius 2 is 2.04 bits per heavy atom. The number of hydrogen-bond donors (Lipinski definition) is 3. The summed E-state index contributed by atoms with van der Waals surface area (Å²) in [6, 6.07) is 5.71. The number of thiocarbonyl (C=S) groups is 1. The lowest BCUT2D eigenvalue weighted by Crippen LogP contribution is -2.29. The first-order valence-corrected chi connectivity index (χ1v) is 8.74. The highest BCUT2D eigenvalue weighted by Gasteiger charge is 2.01. The van der Waals surface area contributed by atoms with E-state index in [0.717, 1.165) is 49.4 Å². The molecule has 7 heteroatoms. The SMILES string of the molecule is Cc1cnc(NCCCCCNC(=S)Nc2cccnc2)c(Cl)c1. The summed E-state index contributed by atoms with van der Waals surface area (Å²) in [5.74, 6) is 0.752. The maximum atomic E-state index is 6.13. The predicted molar refractivity (Wildman–Crippen MR) is 105 cm³/mol. The van der Waals surface area contributed by atoms with Crippen molar-refractivity contribution >= 4 is 40.4 Å². The molecule has 0 spiro atoms. The Morgan fingerprint density at radius 3 is 2.79 bits per heavy atom. The number of nitrogens with zero attached hydrogens (tertiary/aromatic N) is 2. The van der Waals surface area contributed by atoms with Crippen molar-refractivity contribution < 1.29 is 0 Å². The zero-order valence-electron chi connectivity index (χ0n) is 13.7. The molecule has 0 aliphatic rings.